The zero-order valence-corrected chi connectivity index (χ0v) is 16.4. The molecule has 4 heteroatoms. The minimum absolute atomic E-state index is 0.466. The average Bonchev–Trinajstić information content (AvgIpc) is 2.84. The summed E-state index contributed by atoms with van der Waals surface area (Å²) in [7, 11) is 0. The summed E-state index contributed by atoms with van der Waals surface area (Å²) >= 11 is 0. The molecule has 0 aliphatic heterocycles. The minimum atomic E-state index is -0.777. The van der Waals surface area contributed by atoms with Crippen molar-refractivity contribution in [1.82, 2.24) is 11.0 Å². The van der Waals surface area contributed by atoms with E-state index < -0.39 is 11.5 Å². The molecule has 2 N–H and O–H groups in total. The number of carbonyl (C=O) groups excluding carboxylic acids is 1. The molecule has 0 bridgehead atoms. The van der Waals surface area contributed by atoms with Gasteiger partial charge in [0.25, 0.3) is 0 Å². The van der Waals surface area contributed by atoms with Crippen LogP contribution in [0.3, 0.4) is 0 Å². The molecule has 0 amide bonds. The monoisotopic (exact) mass is 394 g/mol. The second kappa shape index (κ2) is 9.18. The summed E-state index contributed by atoms with van der Waals surface area (Å²) < 4.78 is 0. The van der Waals surface area contributed by atoms with Crippen molar-refractivity contribution < 1.29 is 9.63 Å². The van der Waals surface area contributed by atoms with Crippen LogP contribution in [0.5, 0.6) is 0 Å². The molecular formula is C26H22N2O2. The van der Waals surface area contributed by atoms with Crippen molar-refractivity contribution in [3.8, 4) is 0 Å². The first-order valence-electron chi connectivity index (χ1n) is 9.76. The minimum Gasteiger partial charge on any atom is -0.351 e. The molecule has 4 aromatic carbocycles. The van der Waals surface area contributed by atoms with Crippen LogP contribution in [0, 0.1) is 0 Å². The van der Waals surface area contributed by atoms with Gasteiger partial charge in [-0.3, -0.25) is 0 Å². The second-order valence-electron chi connectivity index (χ2n) is 6.83. The highest BCUT2D eigenvalue weighted by atomic mass is 16.7. The van der Waals surface area contributed by atoms with Crippen LogP contribution in [0.4, 0.5) is 0 Å². The maximum atomic E-state index is 12.4. The molecule has 4 nitrogen and oxygen atoms in total. The lowest BCUT2D eigenvalue weighted by atomic mass is 9.77. The highest BCUT2D eigenvalue weighted by molar-refractivity contribution is 5.89. The maximum absolute atomic E-state index is 12.4. The first-order valence-corrected chi connectivity index (χ1v) is 9.76. The van der Waals surface area contributed by atoms with Crippen molar-refractivity contribution in [2.24, 2.45) is 0 Å². The van der Waals surface area contributed by atoms with Gasteiger partial charge in [-0.1, -0.05) is 115 Å². The molecule has 0 fully saturated rings. The summed E-state index contributed by atoms with van der Waals surface area (Å²) in [6, 6.07) is 39.1. The van der Waals surface area contributed by atoms with Crippen LogP contribution in [0.15, 0.2) is 121 Å². The van der Waals surface area contributed by atoms with Gasteiger partial charge in [-0.25, -0.2) is 10.2 Å². The lowest BCUT2D eigenvalue weighted by molar-refractivity contribution is 0.00574. The van der Waals surface area contributed by atoms with Crippen LogP contribution in [0.1, 0.15) is 27.0 Å². The highest BCUT2D eigenvalue weighted by Crippen LogP contribution is 2.36. The van der Waals surface area contributed by atoms with Gasteiger partial charge < -0.3 is 4.84 Å². The van der Waals surface area contributed by atoms with Gasteiger partial charge in [0.2, 0.25) is 0 Å². The third-order valence-electron chi connectivity index (χ3n) is 5.01. The van der Waals surface area contributed by atoms with E-state index >= 15 is 0 Å². The predicted octanol–water partition coefficient (Wildman–Crippen LogP) is 4.84. The fourth-order valence-electron chi connectivity index (χ4n) is 3.56. The lowest BCUT2D eigenvalue weighted by Gasteiger charge is -2.36. The van der Waals surface area contributed by atoms with E-state index in [-0.39, 0.29) is 0 Å². The van der Waals surface area contributed by atoms with Gasteiger partial charge in [-0.2, -0.15) is 0 Å². The molecule has 0 aliphatic carbocycles. The van der Waals surface area contributed by atoms with Crippen LogP contribution in [0.2, 0.25) is 0 Å². The van der Waals surface area contributed by atoms with Gasteiger partial charge in [0.15, 0.2) is 0 Å². The molecule has 0 radical (unpaired) electrons. The van der Waals surface area contributed by atoms with Gasteiger partial charge in [-0.15, -0.1) is 0 Å². The lowest BCUT2D eigenvalue weighted by Crippen LogP contribution is -2.52. The fraction of sp³-hybridized carbons (Fsp3) is 0.0385. The Morgan fingerprint density at radius 2 is 0.933 bits per heavy atom. The number of benzene rings is 4. The SMILES string of the molecule is O=C(ONNC(c1ccccc1)(c1ccccc1)c1ccccc1)c1ccccc1. The number of hydrogen-bond acceptors (Lipinski definition) is 4. The van der Waals surface area contributed by atoms with Crippen molar-refractivity contribution in [3.05, 3.63) is 144 Å². The van der Waals surface area contributed by atoms with Crippen molar-refractivity contribution in [2.75, 3.05) is 0 Å². The van der Waals surface area contributed by atoms with Crippen molar-refractivity contribution >= 4 is 5.97 Å². The Bertz CT molecular complexity index is 972. The Hall–Kier alpha value is -3.73. The molecule has 0 aliphatic rings. The highest BCUT2D eigenvalue weighted by Gasteiger charge is 2.36. The number of carbonyl (C=O) groups is 1. The summed E-state index contributed by atoms with van der Waals surface area (Å²) in [6.45, 7) is 0. The number of rotatable bonds is 7. The molecule has 0 atom stereocenters. The summed E-state index contributed by atoms with van der Waals surface area (Å²) in [5, 5.41) is 0. The summed E-state index contributed by atoms with van der Waals surface area (Å²) in [4.78, 5) is 17.8. The standard InChI is InChI=1S/C26H22N2O2/c29-25(21-13-5-1-6-14-21)30-28-27-26(22-15-7-2-8-16-22,23-17-9-3-10-18-23)24-19-11-4-12-20-24/h1-20,27-28H. The molecule has 0 aromatic heterocycles. The fourth-order valence-corrected chi connectivity index (χ4v) is 3.56. The normalized spacial score (nSPS) is 11.1. The first-order chi connectivity index (χ1) is 14.8. The van der Waals surface area contributed by atoms with Crippen LogP contribution < -0.4 is 11.0 Å². The van der Waals surface area contributed by atoms with E-state index in [1.807, 2.05) is 97.1 Å². The van der Waals surface area contributed by atoms with Crippen molar-refractivity contribution in [2.45, 2.75) is 5.54 Å². The number of hydrogen-bond donors (Lipinski definition) is 2. The van der Waals surface area contributed by atoms with Gasteiger partial charge in [0.1, 0.15) is 5.54 Å². The first kappa shape index (κ1) is 19.6. The topological polar surface area (TPSA) is 50.4 Å². The van der Waals surface area contributed by atoms with Gasteiger partial charge in [0.05, 0.1) is 5.56 Å². The van der Waals surface area contributed by atoms with E-state index in [4.69, 9.17) is 4.84 Å². The smallest absolute Gasteiger partial charge is 0.351 e. The molecule has 0 saturated heterocycles. The van der Waals surface area contributed by atoms with Crippen LogP contribution in [-0.4, -0.2) is 5.97 Å². The molecule has 0 heterocycles. The predicted molar refractivity (Wildman–Crippen MR) is 117 cm³/mol. The maximum Gasteiger partial charge on any atom is 0.357 e. The van der Waals surface area contributed by atoms with E-state index in [1.165, 1.54) is 0 Å². The van der Waals surface area contributed by atoms with Gasteiger partial charge in [-0.05, 0) is 28.8 Å². The molecule has 4 rings (SSSR count). The van der Waals surface area contributed by atoms with Crippen molar-refractivity contribution in [1.29, 1.82) is 0 Å². The molecule has 30 heavy (non-hydrogen) atoms. The summed E-state index contributed by atoms with van der Waals surface area (Å²) in [6.07, 6.45) is 0. The van der Waals surface area contributed by atoms with Crippen LogP contribution in [0.25, 0.3) is 0 Å². The molecule has 0 spiro atoms. The quantitative estimate of drug-likeness (QED) is 0.348. The second-order valence-corrected chi connectivity index (χ2v) is 6.83. The molecule has 0 unspecified atom stereocenters. The Kier molecular flexibility index (Phi) is 5.99. The van der Waals surface area contributed by atoms with E-state index in [2.05, 4.69) is 11.0 Å². The van der Waals surface area contributed by atoms with E-state index in [1.54, 1.807) is 24.3 Å². The Morgan fingerprint density at radius 3 is 1.33 bits per heavy atom. The summed E-state index contributed by atoms with van der Waals surface area (Å²) in [5.41, 5.74) is 8.72. The zero-order chi connectivity index (χ0) is 20.7. The van der Waals surface area contributed by atoms with E-state index in [0.717, 1.165) is 16.7 Å². The Morgan fingerprint density at radius 1 is 0.567 bits per heavy atom. The average molecular weight is 394 g/mol. The summed E-state index contributed by atoms with van der Waals surface area (Å²) in [5.74, 6) is -0.466. The number of hydrazine groups is 1. The molecule has 148 valence electrons. The Balaban J connectivity index is 1.72. The third-order valence-corrected chi connectivity index (χ3v) is 5.01. The number of nitrogens with one attached hydrogen (secondary N) is 2. The van der Waals surface area contributed by atoms with Gasteiger partial charge >= 0.3 is 5.97 Å². The van der Waals surface area contributed by atoms with E-state index in [0.29, 0.717) is 5.56 Å². The van der Waals surface area contributed by atoms with Crippen LogP contribution >= 0.6 is 0 Å². The molecule has 0 saturated carbocycles. The zero-order valence-electron chi connectivity index (χ0n) is 16.4. The van der Waals surface area contributed by atoms with Gasteiger partial charge in [0, 0.05) is 0 Å². The largest absolute Gasteiger partial charge is 0.357 e. The Labute approximate surface area is 176 Å². The molecular weight excluding hydrogens is 372 g/mol. The van der Waals surface area contributed by atoms with Crippen molar-refractivity contribution in [3.63, 3.8) is 0 Å². The molecule has 4 aromatic rings. The third kappa shape index (κ3) is 4.01. The van der Waals surface area contributed by atoms with Crippen LogP contribution in [-0.2, 0) is 10.4 Å². The van der Waals surface area contributed by atoms with E-state index in [9.17, 15) is 4.79 Å².